The van der Waals surface area contributed by atoms with Gasteiger partial charge in [0.2, 0.25) is 0 Å². The van der Waals surface area contributed by atoms with Gasteiger partial charge in [0.1, 0.15) is 6.61 Å². The molecule has 0 aromatic rings. The third-order valence-corrected chi connectivity index (χ3v) is 1.78. The summed E-state index contributed by atoms with van der Waals surface area (Å²) in [6.45, 7) is -0.400. The smallest absolute Gasteiger partial charge is 0.434 e. The van der Waals surface area contributed by atoms with Crippen LogP contribution in [0.25, 0.3) is 0 Å². The van der Waals surface area contributed by atoms with Crippen LogP contribution < -0.4 is 0 Å². The summed E-state index contributed by atoms with van der Waals surface area (Å²) in [7, 11) is -4.35. The molecule has 0 aromatic carbocycles. The number of amides is 1. The fourth-order valence-electron chi connectivity index (χ4n) is 0.445. The Hall–Kier alpha value is -0.710. The van der Waals surface area contributed by atoms with E-state index in [1.807, 2.05) is 0 Å². The van der Waals surface area contributed by atoms with Gasteiger partial charge in [-0.2, -0.15) is 4.99 Å². The predicted octanol–water partition coefficient (Wildman–Crippen LogP) is -0.287. The summed E-state index contributed by atoms with van der Waals surface area (Å²) in [5, 5.41) is 0. The Morgan fingerprint density at radius 2 is 2.20 bits per heavy atom. The topological polar surface area (TPSA) is 96.2 Å². The van der Waals surface area contributed by atoms with Gasteiger partial charge in [-0.15, -0.1) is 0 Å². The molecule has 0 atom stereocenters. The van der Waals surface area contributed by atoms with Crippen molar-refractivity contribution in [3.63, 3.8) is 0 Å². The molecule has 0 aromatic heterocycles. The summed E-state index contributed by atoms with van der Waals surface area (Å²) in [6.07, 6.45) is -0.946. The number of hydrogen-bond acceptors (Lipinski definition) is 3. The van der Waals surface area contributed by atoms with Gasteiger partial charge >= 0.3 is 13.7 Å². The predicted molar refractivity (Wildman–Crippen MR) is 30.8 cm³/mol. The average molecular weight is 165 g/mol. The quantitative estimate of drug-likeness (QED) is 0.520. The lowest BCUT2D eigenvalue weighted by atomic mass is 10.8. The molecule has 2 N–H and O–H groups in total. The van der Waals surface area contributed by atoms with Crippen molar-refractivity contribution in [2.24, 2.45) is 4.99 Å². The molecule has 0 bridgehead atoms. The van der Waals surface area contributed by atoms with Crippen molar-refractivity contribution in [2.75, 3.05) is 6.61 Å². The van der Waals surface area contributed by atoms with Gasteiger partial charge in [-0.3, -0.25) is 4.57 Å². The molecule has 0 saturated heterocycles. The summed E-state index contributed by atoms with van der Waals surface area (Å²) in [6, 6.07) is 0. The fraction of sp³-hybridized carbons (Fsp3) is 0.333. The van der Waals surface area contributed by atoms with Crippen molar-refractivity contribution in [3.05, 3.63) is 0 Å². The molecule has 1 aliphatic heterocycles. The van der Waals surface area contributed by atoms with Gasteiger partial charge in [0.05, 0.1) is 0 Å². The molecule has 0 spiro atoms. The summed E-state index contributed by atoms with van der Waals surface area (Å²) < 4.78 is 14.5. The normalized spacial score (nSPS) is 18.6. The van der Waals surface area contributed by atoms with E-state index in [0.29, 0.717) is 0 Å². The van der Waals surface area contributed by atoms with Crippen LogP contribution in [0.3, 0.4) is 0 Å². The lowest BCUT2D eigenvalue weighted by molar-refractivity contribution is 0.181. The van der Waals surface area contributed by atoms with E-state index < -0.39 is 25.7 Å². The van der Waals surface area contributed by atoms with Crippen molar-refractivity contribution >= 4 is 19.1 Å². The number of ether oxygens (including phenoxy) is 1. The van der Waals surface area contributed by atoms with E-state index in [0.717, 1.165) is 0 Å². The molecule has 0 radical (unpaired) electrons. The van der Waals surface area contributed by atoms with Crippen molar-refractivity contribution in [3.8, 4) is 0 Å². The zero-order chi connectivity index (χ0) is 7.78. The first-order chi connectivity index (χ1) is 4.50. The molecular formula is C3H4NO5P. The Kier molecular flexibility index (Phi) is 1.60. The number of rotatable bonds is 1. The first-order valence-electron chi connectivity index (χ1n) is 2.30. The van der Waals surface area contributed by atoms with Crippen LogP contribution in [0.2, 0.25) is 0 Å². The van der Waals surface area contributed by atoms with Gasteiger partial charge in [0, 0.05) is 0 Å². The maximum atomic E-state index is 10.3. The van der Waals surface area contributed by atoms with Crippen LogP contribution in [-0.2, 0) is 9.30 Å². The van der Waals surface area contributed by atoms with Crippen LogP contribution in [0.15, 0.2) is 4.99 Å². The summed E-state index contributed by atoms with van der Waals surface area (Å²) in [5.41, 5.74) is -0.502. The molecule has 0 aliphatic carbocycles. The van der Waals surface area contributed by atoms with Gasteiger partial charge in [-0.25, -0.2) is 4.79 Å². The number of cyclic esters (lactones) is 1. The van der Waals surface area contributed by atoms with E-state index in [9.17, 15) is 9.36 Å². The highest BCUT2D eigenvalue weighted by Gasteiger charge is 2.29. The Balaban J connectivity index is 2.87. The van der Waals surface area contributed by atoms with Gasteiger partial charge < -0.3 is 14.5 Å². The second-order valence-electron chi connectivity index (χ2n) is 1.63. The Bertz CT molecular complexity index is 239. The maximum Gasteiger partial charge on any atom is 0.434 e. The first-order valence-corrected chi connectivity index (χ1v) is 3.92. The van der Waals surface area contributed by atoms with Gasteiger partial charge in [-0.05, 0) is 0 Å². The van der Waals surface area contributed by atoms with E-state index in [-0.39, 0.29) is 0 Å². The largest absolute Gasteiger partial charge is 0.441 e. The van der Waals surface area contributed by atoms with E-state index >= 15 is 0 Å². The summed E-state index contributed by atoms with van der Waals surface area (Å²) in [4.78, 5) is 29.9. The standard InChI is InChI=1S/C3H4NO5P/c5-3-4-2(1-9-3)10(6,7)8/h1H2,(H2,6,7,8). The minimum Gasteiger partial charge on any atom is -0.441 e. The van der Waals surface area contributed by atoms with Crippen LogP contribution in [0.1, 0.15) is 0 Å². The van der Waals surface area contributed by atoms with Crippen molar-refractivity contribution < 1.29 is 23.9 Å². The molecular weight excluding hydrogens is 161 g/mol. The Labute approximate surface area is 55.7 Å². The van der Waals surface area contributed by atoms with Crippen LogP contribution in [0.4, 0.5) is 4.79 Å². The number of nitrogens with zero attached hydrogens (tertiary/aromatic N) is 1. The molecule has 10 heavy (non-hydrogen) atoms. The molecule has 56 valence electrons. The highest BCUT2D eigenvalue weighted by atomic mass is 31.2. The molecule has 1 rings (SSSR count). The van der Waals surface area contributed by atoms with Crippen molar-refractivity contribution in [1.82, 2.24) is 0 Å². The zero-order valence-electron chi connectivity index (χ0n) is 4.72. The summed E-state index contributed by atoms with van der Waals surface area (Å²) >= 11 is 0. The highest BCUT2D eigenvalue weighted by molar-refractivity contribution is 7.70. The third kappa shape index (κ3) is 1.41. The SMILES string of the molecule is O=C1N=C(P(=O)(O)O)CO1. The molecule has 1 heterocycles. The van der Waals surface area contributed by atoms with Crippen LogP contribution in [0, 0.1) is 0 Å². The van der Waals surface area contributed by atoms with Gasteiger partial charge in [-0.1, -0.05) is 0 Å². The molecule has 0 saturated carbocycles. The highest BCUT2D eigenvalue weighted by Crippen LogP contribution is 2.38. The number of carbonyl (C=O) groups is 1. The Morgan fingerprint density at radius 3 is 2.40 bits per heavy atom. The average Bonchev–Trinajstić information content (AvgIpc) is 2.11. The number of aliphatic imine (C=N–C) groups is 1. The van der Waals surface area contributed by atoms with E-state index in [2.05, 4.69) is 9.73 Å². The second-order valence-corrected chi connectivity index (χ2v) is 3.23. The second kappa shape index (κ2) is 2.16. The fourth-order valence-corrected chi connectivity index (χ4v) is 0.890. The number of hydrogen-bond donors (Lipinski definition) is 2. The molecule has 1 amide bonds. The lowest BCUT2D eigenvalue weighted by Gasteiger charge is -1.97. The third-order valence-electron chi connectivity index (χ3n) is 0.881. The van der Waals surface area contributed by atoms with E-state index in [4.69, 9.17) is 9.79 Å². The van der Waals surface area contributed by atoms with Crippen molar-refractivity contribution in [2.45, 2.75) is 0 Å². The monoisotopic (exact) mass is 165 g/mol. The lowest BCUT2D eigenvalue weighted by Crippen LogP contribution is -2.00. The Morgan fingerprint density at radius 1 is 1.60 bits per heavy atom. The zero-order valence-corrected chi connectivity index (χ0v) is 5.62. The van der Waals surface area contributed by atoms with Crippen LogP contribution in [-0.4, -0.2) is 27.9 Å². The minimum absolute atomic E-state index is 0.400. The molecule has 6 nitrogen and oxygen atoms in total. The molecule has 7 heteroatoms. The van der Waals surface area contributed by atoms with Crippen LogP contribution in [0.5, 0.6) is 0 Å². The molecule has 0 unspecified atom stereocenters. The summed E-state index contributed by atoms with van der Waals surface area (Å²) in [5.74, 6) is 0. The molecule has 0 fully saturated rings. The minimum atomic E-state index is -4.35. The maximum absolute atomic E-state index is 10.3. The van der Waals surface area contributed by atoms with E-state index in [1.54, 1.807) is 0 Å². The first kappa shape index (κ1) is 7.40. The van der Waals surface area contributed by atoms with E-state index in [1.165, 1.54) is 0 Å². The van der Waals surface area contributed by atoms with Crippen LogP contribution >= 0.6 is 7.60 Å². The van der Waals surface area contributed by atoms with Crippen molar-refractivity contribution in [1.29, 1.82) is 0 Å². The van der Waals surface area contributed by atoms with Gasteiger partial charge in [0.25, 0.3) is 0 Å². The number of carbonyl (C=O) groups excluding carboxylic acids is 1. The van der Waals surface area contributed by atoms with Gasteiger partial charge in [0.15, 0.2) is 5.45 Å². The molecule has 1 aliphatic rings.